The Kier molecular flexibility index (Phi) is 4.77. The van der Waals surface area contributed by atoms with E-state index in [0.717, 1.165) is 6.42 Å². The molecule has 0 bridgehead atoms. The van der Waals surface area contributed by atoms with Gasteiger partial charge in [0, 0.05) is 11.6 Å². The summed E-state index contributed by atoms with van der Waals surface area (Å²) in [4.78, 5) is 0. The largest absolute Gasteiger partial charge is 0.307 e. The van der Waals surface area contributed by atoms with Gasteiger partial charge in [0.15, 0.2) is 0 Å². The second-order valence-electron chi connectivity index (χ2n) is 6.62. The molecule has 0 amide bonds. The lowest BCUT2D eigenvalue weighted by Crippen LogP contribution is -2.26. The number of hydrazone groups is 1. The van der Waals surface area contributed by atoms with Crippen molar-refractivity contribution in [3.63, 3.8) is 0 Å². The predicted molar refractivity (Wildman–Crippen MR) is 95.0 cm³/mol. The van der Waals surface area contributed by atoms with E-state index in [1.807, 2.05) is 6.21 Å². The highest BCUT2D eigenvalue weighted by Crippen LogP contribution is 2.33. The fraction of sp³-hybridized carbons (Fsp3) is 0.450. The van der Waals surface area contributed by atoms with Crippen molar-refractivity contribution in [1.29, 1.82) is 0 Å². The van der Waals surface area contributed by atoms with E-state index in [4.69, 9.17) is 0 Å². The van der Waals surface area contributed by atoms with E-state index in [1.165, 1.54) is 60.0 Å². The molecule has 0 unspecified atom stereocenters. The van der Waals surface area contributed by atoms with Crippen LogP contribution in [-0.4, -0.2) is 12.3 Å². The van der Waals surface area contributed by atoms with Gasteiger partial charge in [-0.25, -0.2) is 0 Å². The van der Waals surface area contributed by atoms with E-state index in [2.05, 4.69) is 54.7 Å². The molecule has 2 aliphatic carbocycles. The highest BCUT2D eigenvalue weighted by Gasteiger charge is 2.14. The molecule has 22 heavy (non-hydrogen) atoms. The van der Waals surface area contributed by atoms with Gasteiger partial charge in [0.2, 0.25) is 0 Å². The van der Waals surface area contributed by atoms with Gasteiger partial charge in [0.05, 0.1) is 6.21 Å². The summed E-state index contributed by atoms with van der Waals surface area (Å²) in [6, 6.07) is 9.14. The smallest absolute Gasteiger partial charge is 0.0546 e. The maximum absolute atomic E-state index is 4.52. The van der Waals surface area contributed by atoms with Crippen LogP contribution in [0.4, 0.5) is 0 Å². The predicted octanol–water partition coefficient (Wildman–Crippen LogP) is 5.07. The lowest BCUT2D eigenvalue weighted by molar-refractivity contribution is 0.381. The standard InChI is InChI=1S/C20H26N2/c1-15-12-18(13-16(15)2)20-11-7-6-8-17(20)14-21-22-19-9-4-3-5-10-19/h6-8,11-12,14,19,22H,3-5,9-10,13H2,1-2H3. The van der Waals surface area contributed by atoms with Gasteiger partial charge in [-0.05, 0) is 44.2 Å². The van der Waals surface area contributed by atoms with Crippen molar-refractivity contribution in [3.8, 4) is 0 Å². The number of benzene rings is 1. The third-order valence-electron chi connectivity index (χ3n) is 4.89. The van der Waals surface area contributed by atoms with Crippen LogP contribution in [0, 0.1) is 0 Å². The first-order chi connectivity index (χ1) is 10.7. The van der Waals surface area contributed by atoms with Crippen molar-refractivity contribution >= 4 is 11.8 Å². The molecule has 0 aromatic heterocycles. The van der Waals surface area contributed by atoms with Crippen molar-refractivity contribution in [2.24, 2.45) is 5.10 Å². The average Bonchev–Trinajstić information content (AvgIpc) is 2.88. The minimum absolute atomic E-state index is 0.564. The third kappa shape index (κ3) is 3.49. The first-order valence-electron chi connectivity index (χ1n) is 8.49. The minimum Gasteiger partial charge on any atom is -0.307 e. The molecule has 116 valence electrons. The lowest BCUT2D eigenvalue weighted by Gasteiger charge is -2.20. The van der Waals surface area contributed by atoms with Crippen molar-refractivity contribution in [2.75, 3.05) is 0 Å². The monoisotopic (exact) mass is 294 g/mol. The highest BCUT2D eigenvalue weighted by atomic mass is 15.3. The number of allylic oxidation sites excluding steroid dienone is 4. The summed E-state index contributed by atoms with van der Waals surface area (Å²) in [5, 5.41) is 4.52. The van der Waals surface area contributed by atoms with Crippen LogP contribution in [0.5, 0.6) is 0 Å². The summed E-state index contributed by atoms with van der Waals surface area (Å²) in [7, 11) is 0. The normalized spacial score (nSPS) is 19.8. The zero-order valence-corrected chi connectivity index (χ0v) is 13.7. The van der Waals surface area contributed by atoms with Crippen LogP contribution in [0.1, 0.15) is 63.5 Å². The number of rotatable bonds is 4. The second-order valence-corrected chi connectivity index (χ2v) is 6.62. The summed E-state index contributed by atoms with van der Waals surface area (Å²) < 4.78 is 0. The molecule has 1 aromatic carbocycles. The van der Waals surface area contributed by atoms with E-state index in [1.54, 1.807) is 0 Å². The molecule has 0 spiro atoms. The maximum Gasteiger partial charge on any atom is 0.0546 e. The Morgan fingerprint density at radius 3 is 2.59 bits per heavy atom. The molecular weight excluding hydrogens is 268 g/mol. The SMILES string of the molecule is CC1=C(C)CC(c2ccccc2C=NNC2CCCCC2)=C1. The molecule has 1 fully saturated rings. The second kappa shape index (κ2) is 6.95. The van der Waals surface area contributed by atoms with Crippen LogP contribution in [-0.2, 0) is 0 Å². The Morgan fingerprint density at radius 2 is 1.86 bits per heavy atom. The van der Waals surface area contributed by atoms with E-state index in [9.17, 15) is 0 Å². The van der Waals surface area contributed by atoms with Gasteiger partial charge in [0.1, 0.15) is 0 Å². The molecule has 1 saturated carbocycles. The van der Waals surface area contributed by atoms with Crippen molar-refractivity contribution in [2.45, 2.75) is 58.4 Å². The summed E-state index contributed by atoms with van der Waals surface area (Å²) in [6.45, 7) is 4.42. The molecule has 3 rings (SSSR count). The van der Waals surface area contributed by atoms with Gasteiger partial charge in [-0.15, -0.1) is 0 Å². The van der Waals surface area contributed by atoms with Crippen molar-refractivity contribution in [3.05, 3.63) is 52.6 Å². The molecule has 0 heterocycles. The van der Waals surface area contributed by atoms with Gasteiger partial charge in [-0.3, -0.25) is 0 Å². The van der Waals surface area contributed by atoms with Crippen LogP contribution >= 0.6 is 0 Å². The fourth-order valence-electron chi connectivity index (χ4n) is 3.38. The highest BCUT2D eigenvalue weighted by molar-refractivity contribution is 5.90. The van der Waals surface area contributed by atoms with Crippen molar-refractivity contribution < 1.29 is 0 Å². The molecular formula is C20H26N2. The van der Waals surface area contributed by atoms with Crippen molar-refractivity contribution in [1.82, 2.24) is 5.43 Å². The number of nitrogens with one attached hydrogen (secondary N) is 1. The number of hydrogen-bond acceptors (Lipinski definition) is 2. The summed E-state index contributed by atoms with van der Waals surface area (Å²) >= 11 is 0. The molecule has 2 nitrogen and oxygen atoms in total. The lowest BCUT2D eigenvalue weighted by atomic mass is 9.96. The van der Waals surface area contributed by atoms with Gasteiger partial charge in [-0.1, -0.05) is 60.8 Å². The maximum atomic E-state index is 4.52. The molecule has 0 radical (unpaired) electrons. The van der Waals surface area contributed by atoms with Crippen LogP contribution in [0.25, 0.3) is 5.57 Å². The van der Waals surface area contributed by atoms with Crippen LogP contribution in [0.3, 0.4) is 0 Å². The van der Waals surface area contributed by atoms with E-state index < -0.39 is 0 Å². The van der Waals surface area contributed by atoms with Gasteiger partial charge < -0.3 is 5.43 Å². The molecule has 0 saturated heterocycles. The van der Waals surface area contributed by atoms with Gasteiger partial charge in [0.25, 0.3) is 0 Å². The van der Waals surface area contributed by atoms with Crippen LogP contribution < -0.4 is 5.43 Å². The quantitative estimate of drug-likeness (QED) is 0.608. The molecule has 1 aromatic rings. The van der Waals surface area contributed by atoms with Gasteiger partial charge in [-0.2, -0.15) is 5.10 Å². The Balaban J connectivity index is 1.70. The first kappa shape index (κ1) is 15.1. The van der Waals surface area contributed by atoms with Gasteiger partial charge >= 0.3 is 0 Å². The molecule has 2 heteroatoms. The zero-order chi connectivity index (χ0) is 15.4. The Hall–Kier alpha value is -1.83. The third-order valence-corrected chi connectivity index (χ3v) is 4.89. The summed E-state index contributed by atoms with van der Waals surface area (Å²) in [6.07, 6.45) is 11.9. The van der Waals surface area contributed by atoms with E-state index in [0.29, 0.717) is 6.04 Å². The molecule has 0 atom stereocenters. The first-order valence-corrected chi connectivity index (χ1v) is 8.49. The molecule has 0 aliphatic heterocycles. The Labute approximate surface area is 134 Å². The van der Waals surface area contributed by atoms with Crippen LogP contribution in [0.15, 0.2) is 46.6 Å². The topological polar surface area (TPSA) is 24.4 Å². The van der Waals surface area contributed by atoms with E-state index >= 15 is 0 Å². The average molecular weight is 294 g/mol. The number of hydrogen-bond donors (Lipinski definition) is 1. The Bertz CT molecular complexity index is 616. The van der Waals surface area contributed by atoms with E-state index in [-0.39, 0.29) is 0 Å². The molecule has 1 N–H and O–H groups in total. The number of nitrogens with zero attached hydrogens (tertiary/aromatic N) is 1. The summed E-state index contributed by atoms with van der Waals surface area (Å²) in [5.41, 5.74) is 10.2. The summed E-state index contributed by atoms with van der Waals surface area (Å²) in [5.74, 6) is 0. The van der Waals surface area contributed by atoms with Crippen LogP contribution in [0.2, 0.25) is 0 Å². The Morgan fingerprint density at radius 1 is 1.09 bits per heavy atom. The zero-order valence-electron chi connectivity index (χ0n) is 13.7. The minimum atomic E-state index is 0.564. The molecule has 2 aliphatic rings. The fourth-order valence-corrected chi connectivity index (χ4v) is 3.38.